The molecule has 4 aromatic heterocycles. The van der Waals surface area contributed by atoms with Gasteiger partial charge in [-0.05, 0) is 59.3 Å². The average Bonchev–Trinajstić information content (AvgIpc) is 3.92. The molecule has 4 heterocycles. The molecule has 7 heteroatoms. The second-order valence-corrected chi connectivity index (χ2v) is 14.4. The Bertz CT molecular complexity index is 2240. The summed E-state index contributed by atoms with van der Waals surface area (Å²) >= 11 is 3.56. The van der Waals surface area contributed by atoms with Crippen LogP contribution in [0, 0.1) is 0 Å². The van der Waals surface area contributed by atoms with Crippen LogP contribution < -0.4 is 4.90 Å². The van der Waals surface area contributed by atoms with E-state index >= 15 is 0 Å². The zero-order valence-corrected chi connectivity index (χ0v) is 29.2. The van der Waals surface area contributed by atoms with Gasteiger partial charge in [0.05, 0.1) is 21.0 Å². The molecule has 0 saturated carbocycles. The number of fused-ring (bicyclic) bond motifs is 1. The molecule has 0 aliphatic rings. The molecule has 49 heavy (non-hydrogen) atoms. The number of aromatic nitrogens is 4. The van der Waals surface area contributed by atoms with Gasteiger partial charge in [-0.3, -0.25) is 9.08 Å². The number of anilines is 1. The van der Waals surface area contributed by atoms with Crippen molar-refractivity contribution in [2.75, 3.05) is 25.3 Å². The molecule has 0 radical (unpaired) electrons. The van der Waals surface area contributed by atoms with E-state index in [1.807, 2.05) is 6.20 Å². The van der Waals surface area contributed by atoms with Crippen LogP contribution in [0.1, 0.15) is 16.7 Å². The Balaban J connectivity index is 1.41. The van der Waals surface area contributed by atoms with Crippen LogP contribution in [-0.4, -0.2) is 39.5 Å². The summed E-state index contributed by atoms with van der Waals surface area (Å²) < 4.78 is 5.67. The van der Waals surface area contributed by atoms with Gasteiger partial charge in [0, 0.05) is 48.9 Å². The third kappa shape index (κ3) is 5.45. The van der Waals surface area contributed by atoms with E-state index in [2.05, 4.69) is 186 Å². The summed E-state index contributed by atoms with van der Waals surface area (Å²) in [5.41, 5.74) is 9.86. The number of hydrogen-bond acceptors (Lipinski definition) is 5. The first kappa shape index (κ1) is 30.9. The van der Waals surface area contributed by atoms with E-state index in [9.17, 15) is 0 Å². The summed E-state index contributed by atoms with van der Waals surface area (Å²) in [6, 6.07) is 49.5. The molecule has 5 nitrogen and oxygen atoms in total. The summed E-state index contributed by atoms with van der Waals surface area (Å²) in [7, 11) is 4.13. The molecule has 240 valence electrons. The highest BCUT2D eigenvalue weighted by molar-refractivity contribution is 8.00. The van der Waals surface area contributed by atoms with Gasteiger partial charge < -0.3 is 4.90 Å². The standard InChI is InChI=1S/C42H35N5S2/c1-45(2)35-22-19-30(20-23-35)41-36(31-21-25-39-43-27-37(46(39)28-31)38-24-26-40(48-3)49-38)29-47(44-41)42(32-13-7-4-8-14-32,33-15-9-5-10-16-33)34-17-11-6-12-18-34/h4-29H,1-3H3. The third-order valence-electron chi connectivity index (χ3n) is 9.14. The fraction of sp³-hybridized carbons (Fsp3) is 0.0952. The summed E-state index contributed by atoms with van der Waals surface area (Å²) in [4.78, 5) is 8.09. The predicted octanol–water partition coefficient (Wildman–Crippen LogP) is 10.2. The van der Waals surface area contributed by atoms with Gasteiger partial charge in [-0.25, -0.2) is 4.98 Å². The smallest absolute Gasteiger partial charge is 0.138 e. The highest BCUT2D eigenvalue weighted by Gasteiger charge is 2.40. The highest BCUT2D eigenvalue weighted by atomic mass is 32.2. The molecular formula is C42H35N5S2. The van der Waals surface area contributed by atoms with E-state index in [0.29, 0.717) is 0 Å². The van der Waals surface area contributed by atoms with Crippen molar-refractivity contribution in [3.05, 3.63) is 175 Å². The van der Waals surface area contributed by atoms with Crippen LogP contribution in [-0.2, 0) is 5.54 Å². The van der Waals surface area contributed by atoms with Gasteiger partial charge in [0.1, 0.15) is 16.9 Å². The number of nitrogens with zero attached hydrogens (tertiary/aromatic N) is 5. The fourth-order valence-electron chi connectivity index (χ4n) is 6.71. The van der Waals surface area contributed by atoms with E-state index in [1.54, 1.807) is 23.1 Å². The van der Waals surface area contributed by atoms with Crippen molar-refractivity contribution >= 4 is 34.4 Å². The van der Waals surface area contributed by atoms with Gasteiger partial charge in [-0.1, -0.05) is 103 Å². The van der Waals surface area contributed by atoms with Gasteiger partial charge in [0.2, 0.25) is 0 Å². The van der Waals surface area contributed by atoms with Crippen molar-refractivity contribution in [2.45, 2.75) is 9.75 Å². The second-order valence-electron chi connectivity index (χ2n) is 12.2. The molecular weight excluding hydrogens is 639 g/mol. The van der Waals surface area contributed by atoms with E-state index in [-0.39, 0.29) is 0 Å². The predicted molar refractivity (Wildman–Crippen MR) is 206 cm³/mol. The minimum atomic E-state index is -0.740. The lowest BCUT2D eigenvalue weighted by Gasteiger charge is -2.36. The number of pyridine rings is 1. The lowest BCUT2D eigenvalue weighted by atomic mass is 9.77. The molecule has 0 unspecified atom stereocenters. The zero-order chi connectivity index (χ0) is 33.4. The molecule has 0 aliphatic carbocycles. The van der Waals surface area contributed by atoms with Crippen molar-refractivity contribution in [3.63, 3.8) is 0 Å². The molecule has 4 aromatic carbocycles. The van der Waals surface area contributed by atoms with Gasteiger partial charge in [-0.15, -0.1) is 23.1 Å². The number of imidazole rings is 1. The average molecular weight is 674 g/mol. The van der Waals surface area contributed by atoms with Gasteiger partial charge in [0.15, 0.2) is 0 Å². The number of thioether (sulfide) groups is 1. The number of rotatable bonds is 9. The molecule has 0 fully saturated rings. The summed E-state index contributed by atoms with van der Waals surface area (Å²) in [6.07, 6.45) is 8.54. The molecule has 0 amide bonds. The molecule has 8 rings (SSSR count). The molecule has 0 spiro atoms. The third-order valence-corrected chi connectivity index (χ3v) is 11.3. The Hall–Kier alpha value is -5.37. The Labute approximate surface area is 295 Å². The minimum Gasteiger partial charge on any atom is -0.378 e. The SMILES string of the molecule is CSc1ccc(-c2cnc3ccc(-c4cn(C(c5ccccc5)(c5ccccc5)c5ccccc5)nc4-c4ccc(N(C)C)cc4)cn23)s1. The van der Waals surface area contributed by atoms with Crippen LogP contribution >= 0.6 is 23.1 Å². The Morgan fingerprint density at radius 1 is 0.653 bits per heavy atom. The topological polar surface area (TPSA) is 38.4 Å². The van der Waals surface area contributed by atoms with Crippen LogP contribution in [0.3, 0.4) is 0 Å². The molecule has 0 N–H and O–H groups in total. The molecule has 0 bridgehead atoms. The van der Waals surface area contributed by atoms with Crippen LogP contribution in [0.5, 0.6) is 0 Å². The normalized spacial score (nSPS) is 11.7. The van der Waals surface area contributed by atoms with Crippen LogP contribution in [0.15, 0.2) is 162 Å². The number of benzene rings is 4. The first-order valence-corrected chi connectivity index (χ1v) is 18.3. The summed E-state index contributed by atoms with van der Waals surface area (Å²) in [5.74, 6) is 0. The van der Waals surface area contributed by atoms with Gasteiger partial charge in [0.25, 0.3) is 0 Å². The number of thiophene rings is 1. The highest BCUT2D eigenvalue weighted by Crippen LogP contribution is 2.43. The molecule has 8 aromatic rings. The van der Waals surface area contributed by atoms with Crippen LogP contribution in [0.2, 0.25) is 0 Å². The van der Waals surface area contributed by atoms with Crippen molar-refractivity contribution in [1.82, 2.24) is 19.2 Å². The second kappa shape index (κ2) is 12.9. The number of hydrogen-bond donors (Lipinski definition) is 0. The molecule has 0 atom stereocenters. The van der Waals surface area contributed by atoms with Crippen molar-refractivity contribution in [2.24, 2.45) is 0 Å². The van der Waals surface area contributed by atoms with Crippen molar-refractivity contribution in [3.8, 4) is 33.0 Å². The summed E-state index contributed by atoms with van der Waals surface area (Å²) in [6.45, 7) is 0. The van der Waals surface area contributed by atoms with E-state index in [1.165, 1.54) is 9.09 Å². The van der Waals surface area contributed by atoms with Gasteiger partial charge in [-0.2, -0.15) is 5.10 Å². The minimum absolute atomic E-state index is 0.740. The fourth-order valence-corrected chi connectivity index (χ4v) is 8.26. The Kier molecular flexibility index (Phi) is 8.15. The lowest BCUT2D eigenvalue weighted by molar-refractivity contribution is 0.461. The van der Waals surface area contributed by atoms with Crippen LogP contribution in [0.4, 0.5) is 5.69 Å². The maximum absolute atomic E-state index is 5.57. The van der Waals surface area contributed by atoms with Crippen molar-refractivity contribution in [1.29, 1.82) is 0 Å². The molecule has 0 saturated heterocycles. The largest absolute Gasteiger partial charge is 0.378 e. The van der Waals surface area contributed by atoms with E-state index < -0.39 is 5.54 Å². The lowest BCUT2D eigenvalue weighted by Crippen LogP contribution is -2.38. The monoisotopic (exact) mass is 673 g/mol. The maximum atomic E-state index is 5.57. The van der Waals surface area contributed by atoms with E-state index in [0.717, 1.165) is 56.1 Å². The Morgan fingerprint density at radius 3 is 1.80 bits per heavy atom. The maximum Gasteiger partial charge on any atom is 0.138 e. The van der Waals surface area contributed by atoms with Gasteiger partial charge >= 0.3 is 0 Å². The Morgan fingerprint density at radius 2 is 1.24 bits per heavy atom. The zero-order valence-electron chi connectivity index (χ0n) is 27.6. The van der Waals surface area contributed by atoms with Crippen molar-refractivity contribution < 1.29 is 0 Å². The summed E-state index contributed by atoms with van der Waals surface area (Å²) in [5, 5.41) is 5.57. The van der Waals surface area contributed by atoms with Crippen LogP contribution in [0.25, 0.3) is 38.6 Å². The first-order valence-electron chi connectivity index (χ1n) is 16.2. The first-order chi connectivity index (χ1) is 24.1. The van der Waals surface area contributed by atoms with E-state index in [4.69, 9.17) is 10.1 Å². The molecule has 0 aliphatic heterocycles. The quantitative estimate of drug-likeness (QED) is 0.113.